The molecule has 5 heteroatoms. The van der Waals surface area contributed by atoms with Crippen LogP contribution < -0.4 is 11.5 Å². The van der Waals surface area contributed by atoms with Gasteiger partial charge in [0.1, 0.15) is 5.03 Å². The maximum atomic E-state index is 10.4. The number of rotatable bonds is 3. The van der Waals surface area contributed by atoms with Gasteiger partial charge in [0.25, 0.3) is 0 Å². The van der Waals surface area contributed by atoms with Crippen LogP contribution in [0.3, 0.4) is 0 Å². The number of carbonyl (C=O) groups excluding carboxylic acids is 1. The topological polar surface area (TPSA) is 82.0 Å². The van der Waals surface area contributed by atoms with Gasteiger partial charge in [-0.2, -0.15) is 0 Å². The molecule has 0 unspecified atom stereocenters. The molecule has 0 spiro atoms. The van der Waals surface area contributed by atoms with Gasteiger partial charge < -0.3 is 11.5 Å². The molecule has 0 saturated heterocycles. The third-order valence-corrected chi connectivity index (χ3v) is 2.20. The minimum atomic E-state index is -0.370. The molecule has 0 saturated carbocycles. The molecule has 64 valence electrons. The van der Waals surface area contributed by atoms with E-state index in [1.165, 1.54) is 11.8 Å². The predicted molar refractivity (Wildman–Crippen MR) is 48.6 cm³/mol. The van der Waals surface area contributed by atoms with Crippen LogP contribution >= 0.6 is 11.8 Å². The van der Waals surface area contributed by atoms with E-state index in [9.17, 15) is 4.79 Å². The van der Waals surface area contributed by atoms with Crippen LogP contribution in [0.4, 0.5) is 5.69 Å². The highest BCUT2D eigenvalue weighted by atomic mass is 32.2. The Bertz CT molecular complexity index is 290. The fraction of sp³-hybridized carbons (Fsp3) is 0.143. The van der Waals surface area contributed by atoms with Crippen molar-refractivity contribution in [1.82, 2.24) is 4.98 Å². The summed E-state index contributed by atoms with van der Waals surface area (Å²) in [6, 6.07) is 3.47. The summed E-state index contributed by atoms with van der Waals surface area (Å²) in [4.78, 5) is 14.4. The van der Waals surface area contributed by atoms with E-state index in [0.29, 0.717) is 10.7 Å². The van der Waals surface area contributed by atoms with Gasteiger partial charge in [0.2, 0.25) is 5.91 Å². The molecule has 0 fully saturated rings. The van der Waals surface area contributed by atoms with Crippen molar-refractivity contribution in [3.63, 3.8) is 0 Å². The molecule has 1 aromatic heterocycles. The van der Waals surface area contributed by atoms with Gasteiger partial charge in [0.05, 0.1) is 11.4 Å². The molecule has 0 aliphatic carbocycles. The Morgan fingerprint density at radius 2 is 2.42 bits per heavy atom. The van der Waals surface area contributed by atoms with Crippen molar-refractivity contribution in [3.05, 3.63) is 18.3 Å². The number of amides is 1. The van der Waals surface area contributed by atoms with Gasteiger partial charge in [0, 0.05) is 6.20 Å². The molecule has 1 rings (SSSR count). The summed E-state index contributed by atoms with van der Waals surface area (Å²) in [7, 11) is 0. The number of anilines is 1. The van der Waals surface area contributed by atoms with Crippen LogP contribution in [0.25, 0.3) is 0 Å². The van der Waals surface area contributed by atoms with Crippen LogP contribution in [-0.4, -0.2) is 16.6 Å². The number of primary amides is 1. The number of nitrogens with zero attached hydrogens (tertiary/aromatic N) is 1. The van der Waals surface area contributed by atoms with E-state index in [-0.39, 0.29) is 11.7 Å². The summed E-state index contributed by atoms with van der Waals surface area (Å²) < 4.78 is 0. The summed E-state index contributed by atoms with van der Waals surface area (Å²) in [6.07, 6.45) is 1.62. The van der Waals surface area contributed by atoms with Crippen molar-refractivity contribution in [2.75, 3.05) is 11.5 Å². The van der Waals surface area contributed by atoms with Gasteiger partial charge >= 0.3 is 0 Å². The smallest absolute Gasteiger partial charge is 0.227 e. The van der Waals surface area contributed by atoms with Crippen molar-refractivity contribution in [3.8, 4) is 0 Å². The monoisotopic (exact) mass is 183 g/mol. The normalized spacial score (nSPS) is 9.67. The zero-order chi connectivity index (χ0) is 8.97. The lowest BCUT2D eigenvalue weighted by molar-refractivity contribution is -0.115. The summed E-state index contributed by atoms with van der Waals surface area (Å²) in [6.45, 7) is 0. The molecule has 4 N–H and O–H groups in total. The van der Waals surface area contributed by atoms with E-state index < -0.39 is 0 Å². The van der Waals surface area contributed by atoms with Crippen LogP contribution in [0, 0.1) is 0 Å². The van der Waals surface area contributed by atoms with E-state index >= 15 is 0 Å². The number of aromatic nitrogens is 1. The van der Waals surface area contributed by atoms with Gasteiger partial charge in [-0.05, 0) is 12.1 Å². The first-order valence-electron chi connectivity index (χ1n) is 3.31. The Morgan fingerprint density at radius 3 is 3.00 bits per heavy atom. The average molecular weight is 183 g/mol. The quantitative estimate of drug-likeness (QED) is 0.658. The van der Waals surface area contributed by atoms with E-state index in [1.807, 2.05) is 0 Å². The van der Waals surface area contributed by atoms with Crippen LogP contribution in [0.2, 0.25) is 0 Å². The number of thioether (sulfide) groups is 1. The second-order valence-electron chi connectivity index (χ2n) is 2.15. The van der Waals surface area contributed by atoms with Crippen LogP contribution in [-0.2, 0) is 4.79 Å². The fourth-order valence-corrected chi connectivity index (χ4v) is 1.31. The SMILES string of the molecule is NC(=O)CSc1ncccc1N. The van der Waals surface area contributed by atoms with Gasteiger partial charge in [-0.3, -0.25) is 4.79 Å². The molecule has 0 radical (unpaired) electrons. The molecule has 0 bridgehead atoms. The highest BCUT2D eigenvalue weighted by Gasteiger charge is 2.01. The van der Waals surface area contributed by atoms with Gasteiger partial charge in [-0.25, -0.2) is 4.98 Å². The third-order valence-electron chi connectivity index (χ3n) is 1.15. The summed E-state index contributed by atoms with van der Waals surface area (Å²) in [5.74, 6) is -0.161. The van der Waals surface area contributed by atoms with E-state index in [2.05, 4.69) is 4.98 Å². The molecule has 0 aliphatic heterocycles. The van der Waals surface area contributed by atoms with E-state index in [1.54, 1.807) is 18.3 Å². The Morgan fingerprint density at radius 1 is 1.67 bits per heavy atom. The van der Waals surface area contributed by atoms with Gasteiger partial charge in [-0.15, -0.1) is 0 Å². The molecule has 4 nitrogen and oxygen atoms in total. The lowest BCUT2D eigenvalue weighted by Gasteiger charge is -2.00. The molecule has 0 atom stereocenters. The lowest BCUT2D eigenvalue weighted by atomic mass is 10.4. The van der Waals surface area contributed by atoms with Crippen molar-refractivity contribution < 1.29 is 4.79 Å². The van der Waals surface area contributed by atoms with Gasteiger partial charge in [0.15, 0.2) is 0 Å². The Labute approximate surface area is 74.3 Å². The highest BCUT2D eigenvalue weighted by Crippen LogP contribution is 2.20. The first kappa shape index (κ1) is 8.86. The number of hydrogen-bond acceptors (Lipinski definition) is 4. The Hall–Kier alpha value is -1.23. The predicted octanol–water partition coefficient (Wildman–Crippen LogP) is 0.241. The van der Waals surface area contributed by atoms with E-state index in [4.69, 9.17) is 11.5 Å². The molecule has 0 aliphatic rings. The average Bonchev–Trinajstić information content (AvgIpc) is 2.03. The molecule has 1 aromatic rings. The summed E-state index contributed by atoms with van der Waals surface area (Å²) in [5.41, 5.74) is 11.1. The second-order valence-corrected chi connectivity index (χ2v) is 3.12. The molecule has 1 heterocycles. The molecular weight excluding hydrogens is 174 g/mol. The zero-order valence-electron chi connectivity index (χ0n) is 6.36. The van der Waals surface area contributed by atoms with Crippen LogP contribution in [0.5, 0.6) is 0 Å². The minimum Gasteiger partial charge on any atom is -0.397 e. The van der Waals surface area contributed by atoms with Crippen molar-refractivity contribution >= 4 is 23.4 Å². The van der Waals surface area contributed by atoms with Gasteiger partial charge in [-0.1, -0.05) is 11.8 Å². The van der Waals surface area contributed by atoms with Crippen LogP contribution in [0.15, 0.2) is 23.4 Å². The number of pyridine rings is 1. The first-order chi connectivity index (χ1) is 5.70. The maximum Gasteiger partial charge on any atom is 0.227 e. The highest BCUT2D eigenvalue weighted by molar-refractivity contribution is 8.00. The third kappa shape index (κ3) is 2.43. The molecule has 1 amide bonds. The van der Waals surface area contributed by atoms with E-state index in [0.717, 1.165) is 0 Å². The van der Waals surface area contributed by atoms with Crippen molar-refractivity contribution in [2.24, 2.45) is 5.73 Å². The zero-order valence-corrected chi connectivity index (χ0v) is 7.17. The number of nitrogens with two attached hydrogens (primary N) is 2. The van der Waals surface area contributed by atoms with Crippen molar-refractivity contribution in [1.29, 1.82) is 0 Å². The molecular formula is C7H9N3OS. The maximum absolute atomic E-state index is 10.4. The summed E-state index contributed by atoms with van der Waals surface area (Å²) >= 11 is 1.24. The second kappa shape index (κ2) is 3.96. The number of hydrogen-bond donors (Lipinski definition) is 2. The lowest BCUT2D eigenvalue weighted by Crippen LogP contribution is -2.13. The number of nitrogen functional groups attached to an aromatic ring is 1. The summed E-state index contributed by atoms with van der Waals surface area (Å²) in [5, 5.41) is 0.649. The number of carbonyl (C=O) groups is 1. The standard InChI is InChI=1S/C7H9N3OS/c8-5-2-1-3-10-7(5)12-4-6(9)11/h1-3H,4,8H2,(H2,9,11). The first-order valence-corrected chi connectivity index (χ1v) is 4.30. The Kier molecular flexibility index (Phi) is 2.93. The molecule has 0 aromatic carbocycles. The fourth-order valence-electron chi connectivity index (χ4n) is 0.663. The van der Waals surface area contributed by atoms with Crippen molar-refractivity contribution in [2.45, 2.75) is 5.03 Å². The largest absolute Gasteiger partial charge is 0.397 e. The minimum absolute atomic E-state index is 0.210. The molecule has 12 heavy (non-hydrogen) atoms. The van der Waals surface area contributed by atoms with Crippen LogP contribution in [0.1, 0.15) is 0 Å². The Balaban J connectivity index is 2.63.